The maximum absolute atomic E-state index is 14.8. The van der Waals surface area contributed by atoms with Crippen molar-refractivity contribution >= 4 is 33.3 Å². The van der Waals surface area contributed by atoms with Gasteiger partial charge < -0.3 is 4.98 Å². The van der Waals surface area contributed by atoms with Crippen LogP contribution in [0.5, 0.6) is 0 Å². The van der Waals surface area contributed by atoms with E-state index < -0.39 is 11.6 Å². The van der Waals surface area contributed by atoms with Crippen LogP contribution in [0.25, 0.3) is 27.3 Å². The third-order valence-electron chi connectivity index (χ3n) is 6.37. The molecule has 3 aromatic heterocycles. The molecule has 0 unspecified atom stereocenters. The van der Waals surface area contributed by atoms with Crippen molar-refractivity contribution in [2.75, 3.05) is 0 Å². The minimum absolute atomic E-state index is 0.126. The Bertz CT molecular complexity index is 1640. The standard InChI is InChI=1S/C26H21F2N5OS2/c1-14-7-9-17-20(11-14)36-25-22(17)24(34)29-21(30-25)13-35-26-32-31-23(15-5-3-2-4-6-15)33(26)19-10-8-16(27)12-18(19)28/h2-6,8,10,12,14H,7,9,11,13H2,1H3,(H,29,30,34)/t14-/m0/s1. The molecule has 6 rings (SSSR count). The smallest absolute Gasteiger partial charge is 0.259 e. The zero-order valence-electron chi connectivity index (χ0n) is 19.3. The number of nitrogens with one attached hydrogen (secondary N) is 1. The number of aromatic nitrogens is 5. The summed E-state index contributed by atoms with van der Waals surface area (Å²) in [5, 5.41) is 9.70. The Morgan fingerprint density at radius 3 is 2.81 bits per heavy atom. The number of aryl methyl sites for hydroxylation is 1. The van der Waals surface area contributed by atoms with Crippen molar-refractivity contribution in [1.29, 1.82) is 0 Å². The summed E-state index contributed by atoms with van der Waals surface area (Å²) in [5.41, 5.74) is 1.89. The van der Waals surface area contributed by atoms with Crippen LogP contribution in [0.3, 0.4) is 0 Å². The summed E-state index contributed by atoms with van der Waals surface area (Å²) in [5.74, 6) is 0.472. The summed E-state index contributed by atoms with van der Waals surface area (Å²) in [6.45, 7) is 2.23. The fourth-order valence-electron chi connectivity index (χ4n) is 4.61. The van der Waals surface area contributed by atoms with Gasteiger partial charge in [0, 0.05) is 16.5 Å². The molecule has 182 valence electrons. The van der Waals surface area contributed by atoms with Crippen LogP contribution in [0.1, 0.15) is 29.6 Å². The van der Waals surface area contributed by atoms with E-state index in [4.69, 9.17) is 4.98 Å². The highest BCUT2D eigenvalue weighted by molar-refractivity contribution is 7.98. The SMILES string of the molecule is C[C@H]1CCc2c(sc3nc(CSc4nnc(-c5ccccc5)n4-c4ccc(F)cc4F)[nH]c(=O)c23)C1. The van der Waals surface area contributed by atoms with Crippen LogP contribution >= 0.6 is 23.1 Å². The number of rotatable bonds is 5. The number of thioether (sulfide) groups is 1. The zero-order valence-corrected chi connectivity index (χ0v) is 20.9. The van der Waals surface area contributed by atoms with Gasteiger partial charge in [-0.2, -0.15) is 0 Å². The zero-order chi connectivity index (χ0) is 24.8. The molecule has 1 atom stereocenters. The molecule has 0 aliphatic heterocycles. The third-order valence-corrected chi connectivity index (χ3v) is 8.46. The molecule has 0 saturated heterocycles. The van der Waals surface area contributed by atoms with E-state index in [1.807, 2.05) is 30.3 Å². The van der Waals surface area contributed by atoms with Gasteiger partial charge in [0.2, 0.25) is 0 Å². The average molecular weight is 522 g/mol. The summed E-state index contributed by atoms with van der Waals surface area (Å²) in [6, 6.07) is 12.7. The Morgan fingerprint density at radius 1 is 1.17 bits per heavy atom. The second kappa shape index (κ2) is 9.25. The normalized spacial score (nSPS) is 15.4. The van der Waals surface area contributed by atoms with E-state index in [1.54, 1.807) is 15.9 Å². The Balaban J connectivity index is 1.37. The monoisotopic (exact) mass is 521 g/mol. The number of fused-ring (bicyclic) bond motifs is 3. The van der Waals surface area contributed by atoms with Crippen LogP contribution in [-0.2, 0) is 18.6 Å². The second-order valence-electron chi connectivity index (χ2n) is 8.94. The molecule has 0 fully saturated rings. The lowest BCUT2D eigenvalue weighted by Crippen LogP contribution is -2.14. The van der Waals surface area contributed by atoms with Gasteiger partial charge in [-0.3, -0.25) is 9.36 Å². The van der Waals surface area contributed by atoms with Crippen molar-refractivity contribution in [3.8, 4) is 17.1 Å². The predicted octanol–water partition coefficient (Wildman–Crippen LogP) is 5.93. The van der Waals surface area contributed by atoms with Gasteiger partial charge in [0.05, 0.1) is 16.8 Å². The number of hydrogen-bond donors (Lipinski definition) is 1. The van der Waals surface area contributed by atoms with E-state index in [2.05, 4.69) is 22.1 Å². The van der Waals surface area contributed by atoms with E-state index >= 15 is 0 Å². The number of thiophene rings is 1. The number of hydrogen-bond acceptors (Lipinski definition) is 6. The first-order chi connectivity index (χ1) is 17.5. The van der Waals surface area contributed by atoms with Crippen molar-refractivity contribution in [3.63, 3.8) is 0 Å². The third kappa shape index (κ3) is 4.14. The summed E-state index contributed by atoms with van der Waals surface area (Å²) in [6.07, 6.45) is 2.97. The number of aromatic amines is 1. The number of H-pyrrole nitrogens is 1. The van der Waals surface area contributed by atoms with Crippen LogP contribution < -0.4 is 5.56 Å². The van der Waals surface area contributed by atoms with Crippen LogP contribution in [0.15, 0.2) is 58.5 Å². The van der Waals surface area contributed by atoms with Crippen molar-refractivity contribution in [1.82, 2.24) is 24.7 Å². The molecule has 1 aliphatic rings. The number of nitrogens with zero attached hydrogens (tertiary/aromatic N) is 4. The summed E-state index contributed by atoms with van der Waals surface area (Å²) < 4.78 is 30.0. The van der Waals surface area contributed by atoms with Gasteiger partial charge in [0.15, 0.2) is 11.0 Å². The average Bonchev–Trinajstić information content (AvgIpc) is 3.44. The van der Waals surface area contributed by atoms with Gasteiger partial charge in [-0.1, -0.05) is 49.0 Å². The number of halogens is 2. The van der Waals surface area contributed by atoms with Gasteiger partial charge >= 0.3 is 0 Å². The van der Waals surface area contributed by atoms with E-state index in [9.17, 15) is 13.6 Å². The molecule has 0 radical (unpaired) electrons. The Kier molecular flexibility index (Phi) is 5.93. The molecule has 6 nitrogen and oxygen atoms in total. The maximum Gasteiger partial charge on any atom is 0.259 e. The van der Waals surface area contributed by atoms with Crippen LogP contribution in [-0.4, -0.2) is 24.7 Å². The van der Waals surface area contributed by atoms with Crippen LogP contribution in [0.4, 0.5) is 8.78 Å². The summed E-state index contributed by atoms with van der Waals surface area (Å²) in [7, 11) is 0. The molecule has 1 aliphatic carbocycles. The molecule has 0 spiro atoms. The van der Waals surface area contributed by atoms with E-state index in [-0.39, 0.29) is 11.2 Å². The van der Waals surface area contributed by atoms with E-state index in [1.165, 1.54) is 28.8 Å². The molecular weight excluding hydrogens is 500 g/mol. The minimum atomic E-state index is -0.722. The first-order valence-corrected chi connectivity index (χ1v) is 13.4. The van der Waals surface area contributed by atoms with Crippen LogP contribution in [0, 0.1) is 17.6 Å². The number of benzene rings is 2. The minimum Gasteiger partial charge on any atom is -0.309 e. The lowest BCUT2D eigenvalue weighted by Gasteiger charge is -2.17. The largest absolute Gasteiger partial charge is 0.309 e. The highest BCUT2D eigenvalue weighted by Crippen LogP contribution is 2.36. The molecule has 5 aromatic rings. The van der Waals surface area contributed by atoms with Gasteiger partial charge in [0.25, 0.3) is 5.56 Å². The maximum atomic E-state index is 14.8. The molecule has 10 heteroatoms. The van der Waals surface area contributed by atoms with Gasteiger partial charge in [-0.05, 0) is 42.9 Å². The van der Waals surface area contributed by atoms with Crippen molar-refractivity contribution in [2.24, 2.45) is 5.92 Å². The predicted molar refractivity (Wildman–Crippen MR) is 138 cm³/mol. The highest BCUT2D eigenvalue weighted by atomic mass is 32.2. The summed E-state index contributed by atoms with van der Waals surface area (Å²) in [4.78, 5) is 22.6. The molecule has 3 heterocycles. The van der Waals surface area contributed by atoms with E-state index in [0.29, 0.717) is 33.9 Å². The topological polar surface area (TPSA) is 76.5 Å². The fourth-order valence-corrected chi connectivity index (χ4v) is 6.83. The molecule has 0 amide bonds. The molecule has 2 aromatic carbocycles. The quantitative estimate of drug-likeness (QED) is 0.290. The van der Waals surface area contributed by atoms with Crippen molar-refractivity contribution in [3.05, 3.63) is 86.8 Å². The molecule has 36 heavy (non-hydrogen) atoms. The Morgan fingerprint density at radius 2 is 2.00 bits per heavy atom. The highest BCUT2D eigenvalue weighted by Gasteiger charge is 2.24. The molecule has 0 bridgehead atoms. The van der Waals surface area contributed by atoms with Crippen molar-refractivity contribution < 1.29 is 8.78 Å². The first-order valence-electron chi connectivity index (χ1n) is 11.6. The Labute approximate surface area is 213 Å². The van der Waals surface area contributed by atoms with Gasteiger partial charge in [-0.25, -0.2) is 13.8 Å². The first kappa shape index (κ1) is 23.1. The summed E-state index contributed by atoms with van der Waals surface area (Å²) >= 11 is 2.88. The lowest BCUT2D eigenvalue weighted by molar-refractivity contribution is 0.509. The second-order valence-corrected chi connectivity index (χ2v) is 11.0. The van der Waals surface area contributed by atoms with E-state index in [0.717, 1.165) is 41.3 Å². The van der Waals surface area contributed by atoms with Gasteiger partial charge in [0.1, 0.15) is 22.3 Å². The van der Waals surface area contributed by atoms with Gasteiger partial charge in [-0.15, -0.1) is 21.5 Å². The Hall–Kier alpha value is -3.37. The fraction of sp³-hybridized carbons (Fsp3) is 0.231. The molecule has 1 N–H and O–H groups in total. The van der Waals surface area contributed by atoms with Crippen molar-refractivity contribution in [2.45, 2.75) is 37.1 Å². The molecular formula is C26H21F2N5OS2. The lowest BCUT2D eigenvalue weighted by atomic mass is 9.89. The van der Waals surface area contributed by atoms with Crippen LogP contribution in [0.2, 0.25) is 0 Å². The molecule has 0 saturated carbocycles.